The number of hydrogen-bond acceptors (Lipinski definition) is 5. The van der Waals surface area contributed by atoms with E-state index in [2.05, 4.69) is 4.98 Å². The Kier molecular flexibility index (Phi) is 4.25. The Bertz CT molecular complexity index is 899. The van der Waals surface area contributed by atoms with Crippen LogP contribution in [0.5, 0.6) is 0 Å². The summed E-state index contributed by atoms with van der Waals surface area (Å²) in [4.78, 5) is 29.8. The van der Waals surface area contributed by atoms with E-state index in [9.17, 15) is 9.59 Å². The summed E-state index contributed by atoms with van der Waals surface area (Å²) in [5, 5.41) is 1.97. The van der Waals surface area contributed by atoms with Gasteiger partial charge in [-0.2, -0.15) is 0 Å². The molecule has 1 atom stereocenters. The lowest BCUT2D eigenvalue weighted by Crippen LogP contribution is -2.25. The molecule has 0 spiro atoms. The highest BCUT2D eigenvalue weighted by Crippen LogP contribution is 2.23. The van der Waals surface area contributed by atoms with Gasteiger partial charge >= 0.3 is 5.97 Å². The van der Waals surface area contributed by atoms with Crippen molar-refractivity contribution < 1.29 is 9.53 Å². The smallest absolute Gasteiger partial charge is 0.339 e. The van der Waals surface area contributed by atoms with Crippen LogP contribution in [0.4, 0.5) is 0 Å². The third kappa shape index (κ3) is 2.77. The molecule has 0 aliphatic carbocycles. The van der Waals surface area contributed by atoms with Gasteiger partial charge in [0.05, 0.1) is 29.9 Å². The predicted octanol–water partition coefficient (Wildman–Crippen LogP) is 3.24. The molecule has 6 heteroatoms. The van der Waals surface area contributed by atoms with Gasteiger partial charge in [0, 0.05) is 5.38 Å². The van der Waals surface area contributed by atoms with Gasteiger partial charge in [0.2, 0.25) is 0 Å². The van der Waals surface area contributed by atoms with Crippen LogP contribution in [0.2, 0.25) is 0 Å². The lowest BCUT2D eigenvalue weighted by molar-refractivity contribution is 0.0529. The third-order valence-electron chi connectivity index (χ3n) is 3.71. The van der Waals surface area contributed by atoms with Gasteiger partial charge < -0.3 is 4.74 Å². The van der Waals surface area contributed by atoms with E-state index in [1.54, 1.807) is 16.9 Å². The molecule has 23 heavy (non-hydrogen) atoms. The molecule has 0 bridgehead atoms. The Morgan fingerprint density at radius 2 is 2.09 bits per heavy atom. The second-order valence-electron chi connectivity index (χ2n) is 5.09. The highest BCUT2D eigenvalue weighted by molar-refractivity contribution is 7.17. The molecule has 0 N–H and O–H groups in total. The molecule has 0 aliphatic rings. The topological polar surface area (TPSA) is 61.2 Å². The normalized spacial score (nSPS) is 12.3. The Labute approximate surface area is 137 Å². The molecule has 0 radical (unpaired) electrons. The van der Waals surface area contributed by atoms with E-state index < -0.39 is 5.97 Å². The molecular formula is C17H16N2O3S. The van der Waals surface area contributed by atoms with Crippen LogP contribution in [-0.4, -0.2) is 22.1 Å². The van der Waals surface area contributed by atoms with Crippen molar-refractivity contribution in [2.45, 2.75) is 19.9 Å². The van der Waals surface area contributed by atoms with E-state index in [0.717, 1.165) is 5.56 Å². The molecule has 1 unspecified atom stereocenters. The van der Waals surface area contributed by atoms with Crippen LogP contribution in [0.1, 0.15) is 35.8 Å². The fraction of sp³-hybridized carbons (Fsp3) is 0.235. The van der Waals surface area contributed by atoms with Crippen LogP contribution in [0, 0.1) is 0 Å². The van der Waals surface area contributed by atoms with Gasteiger partial charge in [-0.15, -0.1) is 11.3 Å². The Morgan fingerprint density at radius 1 is 1.35 bits per heavy atom. The van der Waals surface area contributed by atoms with Crippen LogP contribution in [0.3, 0.4) is 0 Å². The monoisotopic (exact) mass is 328 g/mol. The van der Waals surface area contributed by atoms with Crippen molar-refractivity contribution in [3.63, 3.8) is 0 Å². The van der Waals surface area contributed by atoms with Crippen LogP contribution >= 0.6 is 11.3 Å². The first-order valence-corrected chi connectivity index (χ1v) is 8.21. The molecule has 0 amide bonds. The highest BCUT2D eigenvalue weighted by atomic mass is 32.1. The van der Waals surface area contributed by atoms with Gasteiger partial charge in [-0.25, -0.2) is 9.78 Å². The number of benzene rings is 1. The zero-order valence-electron chi connectivity index (χ0n) is 12.9. The quantitative estimate of drug-likeness (QED) is 0.690. The molecule has 2 heterocycles. The van der Waals surface area contributed by atoms with E-state index in [1.165, 1.54) is 17.7 Å². The second kappa shape index (κ2) is 6.34. The summed E-state index contributed by atoms with van der Waals surface area (Å²) in [5.41, 5.74) is 1.07. The van der Waals surface area contributed by atoms with Crippen molar-refractivity contribution in [2.75, 3.05) is 6.61 Å². The molecule has 0 saturated carbocycles. The fourth-order valence-electron chi connectivity index (χ4n) is 2.47. The molecule has 0 aliphatic heterocycles. The minimum Gasteiger partial charge on any atom is -0.462 e. The number of thiophene rings is 1. The molecule has 0 fully saturated rings. The summed E-state index contributed by atoms with van der Waals surface area (Å²) < 4.78 is 6.57. The molecule has 3 aromatic rings. The minimum absolute atomic E-state index is 0.171. The van der Waals surface area contributed by atoms with Gasteiger partial charge in [0.25, 0.3) is 5.56 Å². The van der Waals surface area contributed by atoms with E-state index in [1.807, 2.05) is 37.3 Å². The van der Waals surface area contributed by atoms with Crippen molar-refractivity contribution in [3.8, 4) is 0 Å². The van der Waals surface area contributed by atoms with Crippen molar-refractivity contribution >= 4 is 27.5 Å². The molecular weight excluding hydrogens is 312 g/mol. The number of carbonyl (C=O) groups is 1. The molecule has 0 saturated heterocycles. The van der Waals surface area contributed by atoms with Crippen molar-refractivity contribution in [2.24, 2.45) is 0 Å². The zero-order chi connectivity index (χ0) is 16.4. The summed E-state index contributed by atoms with van der Waals surface area (Å²) in [6.45, 7) is 3.94. The predicted molar refractivity (Wildman–Crippen MR) is 90.1 cm³/mol. The van der Waals surface area contributed by atoms with Gasteiger partial charge in [-0.3, -0.25) is 9.36 Å². The Morgan fingerprint density at radius 3 is 2.78 bits per heavy atom. The van der Waals surface area contributed by atoms with Crippen LogP contribution in [0.25, 0.3) is 10.2 Å². The number of carbonyl (C=O) groups excluding carboxylic acids is 1. The number of ether oxygens (including phenoxy) is 1. The fourth-order valence-corrected chi connectivity index (χ4v) is 3.34. The second-order valence-corrected chi connectivity index (χ2v) is 5.95. The summed E-state index contributed by atoms with van der Waals surface area (Å²) in [6.07, 6.45) is 1.54. The third-order valence-corrected chi connectivity index (χ3v) is 4.60. The average Bonchev–Trinajstić information content (AvgIpc) is 3.01. The highest BCUT2D eigenvalue weighted by Gasteiger charge is 2.20. The van der Waals surface area contributed by atoms with Crippen LogP contribution < -0.4 is 5.56 Å². The van der Waals surface area contributed by atoms with E-state index in [4.69, 9.17) is 4.74 Å². The van der Waals surface area contributed by atoms with Crippen molar-refractivity contribution in [1.29, 1.82) is 0 Å². The number of rotatable bonds is 4. The first kappa shape index (κ1) is 15.4. The summed E-state index contributed by atoms with van der Waals surface area (Å²) >= 11 is 1.27. The molecule has 5 nitrogen and oxygen atoms in total. The maximum atomic E-state index is 12.9. The van der Waals surface area contributed by atoms with Gasteiger partial charge in [0.15, 0.2) is 0 Å². The van der Waals surface area contributed by atoms with Gasteiger partial charge in [0.1, 0.15) is 4.83 Å². The maximum absolute atomic E-state index is 12.9. The van der Waals surface area contributed by atoms with Gasteiger partial charge in [-0.1, -0.05) is 30.3 Å². The number of hydrogen-bond donors (Lipinski definition) is 0. The number of esters is 1. The van der Waals surface area contributed by atoms with Crippen LogP contribution in [-0.2, 0) is 4.74 Å². The molecule has 118 valence electrons. The van der Waals surface area contributed by atoms with Crippen molar-refractivity contribution in [3.05, 3.63) is 63.5 Å². The van der Waals surface area contributed by atoms with Crippen molar-refractivity contribution in [1.82, 2.24) is 9.55 Å². The van der Waals surface area contributed by atoms with Crippen LogP contribution in [0.15, 0.2) is 46.8 Å². The number of aromatic nitrogens is 2. The largest absolute Gasteiger partial charge is 0.462 e. The number of fused-ring (bicyclic) bond motifs is 1. The lowest BCUT2D eigenvalue weighted by Gasteiger charge is -2.15. The molecule has 1 aromatic carbocycles. The van der Waals surface area contributed by atoms with E-state index in [-0.39, 0.29) is 18.2 Å². The summed E-state index contributed by atoms with van der Waals surface area (Å²) in [5.74, 6) is -0.484. The van der Waals surface area contributed by atoms with E-state index in [0.29, 0.717) is 15.8 Å². The lowest BCUT2D eigenvalue weighted by atomic mass is 10.1. The first-order chi connectivity index (χ1) is 11.1. The molecule has 3 rings (SSSR count). The van der Waals surface area contributed by atoms with E-state index >= 15 is 0 Å². The first-order valence-electron chi connectivity index (χ1n) is 7.34. The SMILES string of the molecule is CCOC(=O)c1csc2ncn(C(C)c3ccccc3)c(=O)c12. The zero-order valence-corrected chi connectivity index (χ0v) is 13.7. The maximum Gasteiger partial charge on any atom is 0.339 e. The van der Waals surface area contributed by atoms with Gasteiger partial charge in [-0.05, 0) is 19.4 Å². The summed E-state index contributed by atoms with van der Waals surface area (Å²) in [7, 11) is 0. The standard InChI is InChI=1S/C17H16N2O3S/c1-3-22-17(21)13-9-23-15-14(13)16(20)19(10-18-15)11(2)12-7-5-4-6-8-12/h4-11H,3H2,1-2H3. The Balaban J connectivity index is 2.13. The Hall–Kier alpha value is -2.47. The minimum atomic E-state index is -0.484. The summed E-state index contributed by atoms with van der Waals surface area (Å²) in [6, 6.07) is 9.53. The molecule has 2 aromatic heterocycles. The average molecular weight is 328 g/mol. The number of nitrogens with zero attached hydrogens (tertiary/aromatic N) is 2.